The number of nitrogen functional groups attached to an aromatic ring is 1. The van der Waals surface area contributed by atoms with E-state index in [4.69, 9.17) is 5.73 Å². The number of ether oxygens (including phenoxy) is 1. The second-order valence-electron chi connectivity index (χ2n) is 7.25. The first-order chi connectivity index (χ1) is 14.0. The molecule has 0 spiro atoms. The number of allylic oxidation sites excluding steroid dienone is 1. The van der Waals surface area contributed by atoms with Gasteiger partial charge in [0.05, 0.1) is 0 Å². The van der Waals surface area contributed by atoms with E-state index in [0.29, 0.717) is 0 Å². The van der Waals surface area contributed by atoms with Gasteiger partial charge in [0, 0.05) is 18.0 Å². The van der Waals surface area contributed by atoms with Crippen molar-refractivity contribution in [2.75, 3.05) is 5.73 Å². The maximum Gasteiger partial charge on any atom is 0.388 e. The summed E-state index contributed by atoms with van der Waals surface area (Å²) in [6, 6.07) is 17.8. The van der Waals surface area contributed by atoms with Gasteiger partial charge in [-0.2, -0.15) is 8.78 Å². The molecule has 0 atom stereocenters. The lowest BCUT2D eigenvalue weighted by Gasteiger charge is -2.17. The van der Waals surface area contributed by atoms with Gasteiger partial charge in [0.1, 0.15) is 0 Å². The number of pyridine rings is 1. The van der Waals surface area contributed by atoms with E-state index in [9.17, 15) is 8.78 Å². The van der Waals surface area contributed by atoms with Gasteiger partial charge in [-0.25, -0.2) is 4.98 Å². The highest BCUT2D eigenvalue weighted by atomic mass is 19.3. The first-order valence-electron chi connectivity index (χ1n) is 9.61. The first kappa shape index (κ1) is 19.1. The Kier molecular flexibility index (Phi) is 5.30. The molecule has 0 aliphatic heterocycles. The van der Waals surface area contributed by atoms with Crippen molar-refractivity contribution < 1.29 is 13.5 Å². The Bertz CT molecular complexity index is 1040. The van der Waals surface area contributed by atoms with Crippen LogP contribution in [0.3, 0.4) is 0 Å². The number of nitrogens with zero attached hydrogens (tertiary/aromatic N) is 1. The van der Waals surface area contributed by atoms with Crippen LogP contribution in [0.5, 0.6) is 5.88 Å². The lowest BCUT2D eigenvalue weighted by molar-refractivity contribution is -0.0528. The lowest BCUT2D eigenvalue weighted by atomic mass is 9.88. The van der Waals surface area contributed by atoms with E-state index in [0.717, 1.165) is 52.8 Å². The third-order valence-electron chi connectivity index (χ3n) is 5.21. The molecule has 4 rings (SSSR count). The third kappa shape index (κ3) is 4.14. The average molecular weight is 392 g/mol. The topological polar surface area (TPSA) is 48.1 Å². The van der Waals surface area contributed by atoms with Crippen molar-refractivity contribution in [1.82, 2.24) is 4.98 Å². The summed E-state index contributed by atoms with van der Waals surface area (Å²) >= 11 is 0. The number of benzene rings is 2. The Morgan fingerprint density at radius 1 is 0.966 bits per heavy atom. The molecule has 1 aliphatic carbocycles. The highest BCUT2D eigenvalue weighted by Gasteiger charge is 2.20. The highest BCUT2D eigenvalue weighted by molar-refractivity contribution is 6.00. The van der Waals surface area contributed by atoms with Gasteiger partial charge in [-0.05, 0) is 77.8 Å². The molecular formula is C24H22F2N2O. The normalized spacial score (nSPS) is 13.9. The number of hydrogen-bond acceptors (Lipinski definition) is 3. The second-order valence-corrected chi connectivity index (χ2v) is 7.25. The number of halogens is 2. The fraction of sp³-hybridized carbons (Fsp3) is 0.208. The molecule has 2 aromatic carbocycles. The third-order valence-corrected chi connectivity index (χ3v) is 5.21. The molecule has 1 aliphatic rings. The molecular weight excluding hydrogens is 370 g/mol. The number of aryl methyl sites for hydroxylation is 2. The van der Waals surface area contributed by atoms with Crippen LogP contribution in [0.25, 0.3) is 11.1 Å². The zero-order valence-electron chi connectivity index (χ0n) is 16.2. The van der Waals surface area contributed by atoms with Crippen molar-refractivity contribution in [2.45, 2.75) is 32.8 Å². The zero-order chi connectivity index (χ0) is 20.4. The Labute approximate surface area is 168 Å². The molecule has 148 valence electrons. The Morgan fingerprint density at radius 2 is 1.72 bits per heavy atom. The largest absolute Gasteiger partial charge is 0.417 e. The van der Waals surface area contributed by atoms with Crippen molar-refractivity contribution in [3.63, 3.8) is 0 Å². The van der Waals surface area contributed by atoms with Crippen LogP contribution < -0.4 is 10.5 Å². The Hall–Kier alpha value is -3.21. The van der Waals surface area contributed by atoms with Crippen molar-refractivity contribution >= 4 is 16.8 Å². The summed E-state index contributed by atoms with van der Waals surface area (Å²) in [4.78, 5) is 4.08. The fourth-order valence-corrected chi connectivity index (χ4v) is 3.87. The average Bonchev–Trinajstić information content (AvgIpc) is 2.88. The molecule has 5 heteroatoms. The van der Waals surface area contributed by atoms with E-state index in [1.807, 2.05) is 12.1 Å². The van der Waals surface area contributed by atoms with Crippen LogP contribution in [0.2, 0.25) is 0 Å². The molecule has 0 saturated heterocycles. The monoisotopic (exact) mass is 392 g/mol. The molecule has 0 unspecified atom stereocenters. The fourth-order valence-electron chi connectivity index (χ4n) is 3.87. The maximum absolute atomic E-state index is 12.5. The predicted octanol–water partition coefficient (Wildman–Crippen LogP) is 5.87. The minimum Gasteiger partial charge on any atom is -0.417 e. The SMILES string of the molecule is Cc1ccc(C2=C(c3ccc(OC(F)F)nc3)CCCc3cc(N)ccc32)cc1. The Balaban J connectivity index is 1.89. The van der Waals surface area contributed by atoms with Gasteiger partial charge >= 0.3 is 6.61 Å². The first-order valence-corrected chi connectivity index (χ1v) is 9.61. The molecule has 0 amide bonds. The number of nitrogens with two attached hydrogens (primary N) is 1. The van der Waals surface area contributed by atoms with Gasteiger partial charge in [-0.1, -0.05) is 35.9 Å². The van der Waals surface area contributed by atoms with E-state index in [2.05, 4.69) is 47.0 Å². The summed E-state index contributed by atoms with van der Waals surface area (Å²) < 4.78 is 29.3. The van der Waals surface area contributed by atoms with Gasteiger partial charge in [0.2, 0.25) is 5.88 Å². The van der Waals surface area contributed by atoms with Crippen molar-refractivity contribution in [3.05, 3.63) is 88.6 Å². The predicted molar refractivity (Wildman–Crippen MR) is 112 cm³/mol. The highest BCUT2D eigenvalue weighted by Crippen LogP contribution is 2.40. The van der Waals surface area contributed by atoms with Crippen LogP contribution in [0.4, 0.5) is 14.5 Å². The summed E-state index contributed by atoms with van der Waals surface area (Å²) in [6.07, 6.45) is 4.37. The standard InChI is InChI=1S/C24H22F2N2O/c1-15-5-7-16(8-6-15)23-20(18-9-12-22(28-14-18)29-24(25)26)4-2-3-17-13-19(27)10-11-21(17)23/h5-14,24H,2-4,27H2,1H3. The second kappa shape index (κ2) is 8.03. The van der Waals surface area contributed by atoms with Gasteiger partial charge in [-0.15, -0.1) is 0 Å². The lowest BCUT2D eigenvalue weighted by Crippen LogP contribution is -2.03. The zero-order valence-corrected chi connectivity index (χ0v) is 16.2. The van der Waals surface area contributed by atoms with Crippen molar-refractivity contribution in [3.8, 4) is 5.88 Å². The number of fused-ring (bicyclic) bond motifs is 1. The quantitative estimate of drug-likeness (QED) is 0.565. The molecule has 0 radical (unpaired) electrons. The number of aromatic nitrogens is 1. The van der Waals surface area contributed by atoms with Crippen LogP contribution in [0.1, 0.15) is 40.7 Å². The summed E-state index contributed by atoms with van der Waals surface area (Å²) in [5.41, 5.74) is 14.7. The molecule has 3 nitrogen and oxygen atoms in total. The van der Waals surface area contributed by atoms with Crippen molar-refractivity contribution in [2.24, 2.45) is 0 Å². The van der Waals surface area contributed by atoms with Gasteiger partial charge in [0.15, 0.2) is 0 Å². The molecule has 0 bridgehead atoms. The molecule has 29 heavy (non-hydrogen) atoms. The molecule has 1 aromatic heterocycles. The minimum atomic E-state index is -2.88. The van der Waals surface area contributed by atoms with Gasteiger partial charge < -0.3 is 10.5 Å². The Morgan fingerprint density at radius 3 is 2.41 bits per heavy atom. The van der Waals surface area contributed by atoms with E-state index >= 15 is 0 Å². The molecule has 0 saturated carbocycles. The van der Waals surface area contributed by atoms with E-state index in [1.54, 1.807) is 12.3 Å². The summed E-state index contributed by atoms with van der Waals surface area (Å²) in [5, 5.41) is 0. The van der Waals surface area contributed by atoms with E-state index in [-0.39, 0.29) is 5.88 Å². The van der Waals surface area contributed by atoms with Crippen LogP contribution >= 0.6 is 0 Å². The van der Waals surface area contributed by atoms with Crippen LogP contribution in [-0.2, 0) is 6.42 Å². The van der Waals surface area contributed by atoms with E-state index in [1.165, 1.54) is 17.2 Å². The van der Waals surface area contributed by atoms with Crippen molar-refractivity contribution in [1.29, 1.82) is 0 Å². The number of hydrogen-bond donors (Lipinski definition) is 1. The number of anilines is 1. The summed E-state index contributed by atoms with van der Waals surface area (Å²) in [6.45, 7) is -0.821. The minimum absolute atomic E-state index is 0.0805. The molecule has 1 heterocycles. The van der Waals surface area contributed by atoms with Crippen LogP contribution in [0, 0.1) is 6.92 Å². The van der Waals surface area contributed by atoms with Crippen LogP contribution in [-0.4, -0.2) is 11.6 Å². The maximum atomic E-state index is 12.5. The summed E-state index contributed by atoms with van der Waals surface area (Å²) in [7, 11) is 0. The summed E-state index contributed by atoms with van der Waals surface area (Å²) in [5.74, 6) is -0.0805. The molecule has 3 aromatic rings. The van der Waals surface area contributed by atoms with E-state index < -0.39 is 6.61 Å². The van der Waals surface area contributed by atoms with Gasteiger partial charge in [0.25, 0.3) is 0 Å². The molecule has 0 fully saturated rings. The number of rotatable bonds is 4. The van der Waals surface area contributed by atoms with Crippen LogP contribution in [0.15, 0.2) is 60.8 Å². The van der Waals surface area contributed by atoms with Gasteiger partial charge in [-0.3, -0.25) is 0 Å². The smallest absolute Gasteiger partial charge is 0.388 e. The molecule has 2 N–H and O–H groups in total. The number of alkyl halides is 2.